The minimum absolute atomic E-state index is 0.193. The Hall–Kier alpha value is -2.36. The molecule has 1 aromatic carbocycles. The first-order valence-electron chi connectivity index (χ1n) is 5.68. The van der Waals surface area contributed by atoms with Crippen molar-refractivity contribution in [1.82, 2.24) is 9.38 Å². The Balaban J connectivity index is 2.57. The summed E-state index contributed by atoms with van der Waals surface area (Å²) in [6.07, 6.45) is 1.40. The zero-order chi connectivity index (χ0) is 12.9. The van der Waals surface area contributed by atoms with E-state index in [1.807, 2.05) is 32.0 Å². The molecule has 0 spiro atoms. The van der Waals surface area contributed by atoms with Gasteiger partial charge in [0.1, 0.15) is 5.65 Å². The van der Waals surface area contributed by atoms with Crippen LogP contribution in [0.1, 0.15) is 21.6 Å². The Morgan fingerprint density at radius 1 is 1.28 bits per heavy atom. The molecule has 0 aliphatic carbocycles. The predicted molar refractivity (Wildman–Crippen MR) is 69.1 cm³/mol. The van der Waals surface area contributed by atoms with Crippen LogP contribution >= 0.6 is 0 Å². The van der Waals surface area contributed by atoms with Gasteiger partial charge in [0.05, 0.1) is 11.7 Å². The first-order chi connectivity index (χ1) is 8.58. The molecule has 0 atom stereocenters. The second-order valence-corrected chi connectivity index (χ2v) is 4.49. The third-order valence-corrected chi connectivity index (χ3v) is 3.17. The van der Waals surface area contributed by atoms with E-state index in [9.17, 15) is 9.90 Å². The van der Waals surface area contributed by atoms with Crippen molar-refractivity contribution in [2.24, 2.45) is 0 Å². The molecule has 3 rings (SSSR count). The molecule has 0 radical (unpaired) electrons. The van der Waals surface area contributed by atoms with Crippen LogP contribution in [0.3, 0.4) is 0 Å². The van der Waals surface area contributed by atoms with Gasteiger partial charge in [-0.3, -0.25) is 4.40 Å². The molecule has 4 nitrogen and oxygen atoms in total. The van der Waals surface area contributed by atoms with Crippen molar-refractivity contribution in [2.75, 3.05) is 0 Å². The second kappa shape index (κ2) is 3.57. The molecule has 4 heteroatoms. The minimum Gasteiger partial charge on any atom is -0.477 e. The number of carbonyl (C=O) groups is 1. The smallest absolute Gasteiger partial charge is 0.354 e. The summed E-state index contributed by atoms with van der Waals surface area (Å²) < 4.78 is 1.68. The van der Waals surface area contributed by atoms with E-state index in [0.29, 0.717) is 5.65 Å². The van der Waals surface area contributed by atoms with E-state index in [0.717, 1.165) is 22.0 Å². The summed E-state index contributed by atoms with van der Waals surface area (Å²) in [5, 5.41) is 10.3. The van der Waals surface area contributed by atoms with Gasteiger partial charge in [-0.25, -0.2) is 9.78 Å². The van der Waals surface area contributed by atoms with Crippen molar-refractivity contribution >= 4 is 22.5 Å². The SMILES string of the molecule is Cc1ccc2c(c1)c(C)cc1ncc(C(=O)O)n12. The Morgan fingerprint density at radius 2 is 2.06 bits per heavy atom. The Kier molecular flexibility index (Phi) is 2.13. The van der Waals surface area contributed by atoms with E-state index in [2.05, 4.69) is 11.1 Å². The zero-order valence-corrected chi connectivity index (χ0v) is 10.1. The Bertz CT molecular complexity index is 787. The van der Waals surface area contributed by atoms with Crippen LogP contribution in [0.2, 0.25) is 0 Å². The number of nitrogens with zero attached hydrogens (tertiary/aromatic N) is 2. The average molecular weight is 240 g/mol. The van der Waals surface area contributed by atoms with Gasteiger partial charge in [0.2, 0.25) is 0 Å². The lowest BCUT2D eigenvalue weighted by Crippen LogP contribution is -2.03. The second-order valence-electron chi connectivity index (χ2n) is 4.49. The van der Waals surface area contributed by atoms with Crippen LogP contribution in [0, 0.1) is 13.8 Å². The highest BCUT2D eigenvalue weighted by molar-refractivity contribution is 5.92. The molecule has 2 aromatic heterocycles. The van der Waals surface area contributed by atoms with Crippen LogP contribution in [0.5, 0.6) is 0 Å². The van der Waals surface area contributed by atoms with Crippen LogP contribution in [0.15, 0.2) is 30.5 Å². The fraction of sp³-hybridized carbons (Fsp3) is 0.143. The van der Waals surface area contributed by atoms with E-state index in [1.165, 1.54) is 6.20 Å². The number of pyridine rings is 1. The summed E-state index contributed by atoms with van der Waals surface area (Å²) in [7, 11) is 0. The number of carboxylic acid groups (broad SMARTS) is 1. The first kappa shape index (κ1) is 10.8. The lowest BCUT2D eigenvalue weighted by atomic mass is 10.1. The zero-order valence-electron chi connectivity index (χ0n) is 10.1. The highest BCUT2D eigenvalue weighted by Crippen LogP contribution is 2.23. The van der Waals surface area contributed by atoms with Crippen LogP contribution in [-0.4, -0.2) is 20.5 Å². The van der Waals surface area contributed by atoms with Gasteiger partial charge < -0.3 is 5.11 Å². The number of benzene rings is 1. The van der Waals surface area contributed by atoms with E-state index in [-0.39, 0.29) is 5.69 Å². The van der Waals surface area contributed by atoms with E-state index in [1.54, 1.807) is 4.40 Å². The molecular weight excluding hydrogens is 228 g/mol. The molecule has 0 bridgehead atoms. The summed E-state index contributed by atoms with van der Waals surface area (Å²) in [4.78, 5) is 15.4. The predicted octanol–water partition coefficient (Wildman–Crippen LogP) is 2.80. The molecule has 0 aliphatic heterocycles. The average Bonchev–Trinajstić information content (AvgIpc) is 2.73. The highest BCUT2D eigenvalue weighted by atomic mass is 16.4. The van der Waals surface area contributed by atoms with Crippen molar-refractivity contribution < 1.29 is 9.90 Å². The number of aromatic carboxylic acids is 1. The van der Waals surface area contributed by atoms with Crippen LogP contribution in [0.4, 0.5) is 0 Å². The van der Waals surface area contributed by atoms with Gasteiger partial charge in [-0.05, 0) is 37.6 Å². The summed E-state index contributed by atoms with van der Waals surface area (Å²) in [5.41, 5.74) is 4.00. The number of rotatable bonds is 1. The summed E-state index contributed by atoms with van der Waals surface area (Å²) in [5.74, 6) is -0.965. The number of carboxylic acids is 1. The molecule has 3 aromatic rings. The number of aromatic nitrogens is 2. The van der Waals surface area contributed by atoms with Crippen molar-refractivity contribution in [3.63, 3.8) is 0 Å². The lowest BCUT2D eigenvalue weighted by Gasteiger charge is -2.08. The molecule has 0 fully saturated rings. The first-order valence-corrected chi connectivity index (χ1v) is 5.68. The molecule has 0 aliphatic rings. The summed E-state index contributed by atoms with van der Waals surface area (Å²) in [6.45, 7) is 4.03. The van der Waals surface area contributed by atoms with Crippen LogP contribution in [0.25, 0.3) is 16.6 Å². The summed E-state index contributed by atoms with van der Waals surface area (Å²) in [6, 6.07) is 7.90. The van der Waals surface area contributed by atoms with Crippen molar-refractivity contribution in [3.05, 3.63) is 47.3 Å². The highest BCUT2D eigenvalue weighted by Gasteiger charge is 2.13. The van der Waals surface area contributed by atoms with Gasteiger partial charge in [0, 0.05) is 5.39 Å². The molecule has 0 unspecified atom stereocenters. The van der Waals surface area contributed by atoms with Gasteiger partial charge in [0.25, 0.3) is 0 Å². The van der Waals surface area contributed by atoms with Gasteiger partial charge in [-0.1, -0.05) is 11.6 Å². The molecule has 2 heterocycles. The Labute approximate surface area is 104 Å². The maximum atomic E-state index is 11.2. The van der Waals surface area contributed by atoms with Crippen molar-refractivity contribution in [1.29, 1.82) is 0 Å². The fourth-order valence-corrected chi connectivity index (χ4v) is 2.30. The van der Waals surface area contributed by atoms with E-state index < -0.39 is 5.97 Å². The summed E-state index contributed by atoms with van der Waals surface area (Å²) >= 11 is 0. The molecule has 18 heavy (non-hydrogen) atoms. The maximum absolute atomic E-state index is 11.2. The van der Waals surface area contributed by atoms with Crippen LogP contribution < -0.4 is 0 Å². The number of aryl methyl sites for hydroxylation is 2. The van der Waals surface area contributed by atoms with Gasteiger partial charge in [0.15, 0.2) is 5.69 Å². The molecule has 90 valence electrons. The minimum atomic E-state index is -0.965. The molecule has 0 amide bonds. The third kappa shape index (κ3) is 1.39. The van der Waals surface area contributed by atoms with Gasteiger partial charge >= 0.3 is 5.97 Å². The van der Waals surface area contributed by atoms with Crippen molar-refractivity contribution in [2.45, 2.75) is 13.8 Å². The van der Waals surface area contributed by atoms with Crippen molar-refractivity contribution in [3.8, 4) is 0 Å². The quantitative estimate of drug-likeness (QED) is 0.711. The lowest BCUT2D eigenvalue weighted by molar-refractivity contribution is 0.0690. The molecule has 0 saturated carbocycles. The number of hydrogen-bond acceptors (Lipinski definition) is 2. The number of hydrogen-bond donors (Lipinski definition) is 1. The topological polar surface area (TPSA) is 54.6 Å². The fourth-order valence-electron chi connectivity index (χ4n) is 2.30. The number of fused-ring (bicyclic) bond motifs is 3. The molecule has 1 N–H and O–H groups in total. The Morgan fingerprint density at radius 3 is 2.78 bits per heavy atom. The monoisotopic (exact) mass is 240 g/mol. The molecule has 0 saturated heterocycles. The van der Waals surface area contributed by atoms with E-state index in [4.69, 9.17) is 0 Å². The van der Waals surface area contributed by atoms with Gasteiger partial charge in [-0.15, -0.1) is 0 Å². The third-order valence-electron chi connectivity index (χ3n) is 3.17. The molecular formula is C14H12N2O2. The van der Waals surface area contributed by atoms with Gasteiger partial charge in [-0.2, -0.15) is 0 Å². The van der Waals surface area contributed by atoms with Crippen LogP contribution in [-0.2, 0) is 0 Å². The van der Waals surface area contributed by atoms with E-state index >= 15 is 0 Å². The number of imidazole rings is 1. The standard InChI is InChI=1S/C14H12N2O2/c1-8-3-4-11-10(5-8)9(2)6-13-15-7-12(14(17)18)16(11)13/h3-7H,1-2H3,(H,17,18). The normalized spacial score (nSPS) is 11.2. The maximum Gasteiger partial charge on any atom is 0.354 e. The largest absolute Gasteiger partial charge is 0.477 e.